The number of aromatic nitrogens is 2. The summed E-state index contributed by atoms with van der Waals surface area (Å²) >= 11 is 0. The largest absolute Gasteiger partial charge is 0.497 e. The van der Waals surface area contributed by atoms with E-state index in [4.69, 9.17) is 9.47 Å². The van der Waals surface area contributed by atoms with Crippen LogP contribution in [0.15, 0.2) is 24.4 Å². The highest BCUT2D eigenvalue weighted by molar-refractivity contribution is 5.97. The van der Waals surface area contributed by atoms with E-state index >= 15 is 0 Å². The fourth-order valence-corrected chi connectivity index (χ4v) is 3.79. The second-order valence-corrected chi connectivity index (χ2v) is 7.14. The van der Waals surface area contributed by atoms with Gasteiger partial charge in [0.2, 0.25) is 0 Å². The summed E-state index contributed by atoms with van der Waals surface area (Å²) in [5.41, 5.74) is 1.79. The zero-order valence-corrected chi connectivity index (χ0v) is 16.7. The van der Waals surface area contributed by atoms with Gasteiger partial charge in [-0.15, -0.1) is 0 Å². The number of rotatable bonds is 7. The zero-order chi connectivity index (χ0) is 19.4. The topological polar surface area (TPSA) is 56.6 Å². The normalized spacial score (nSPS) is 16.6. The number of carbonyl (C=O) groups excluding carboxylic acids is 1. The van der Waals surface area contributed by atoms with E-state index in [2.05, 4.69) is 23.4 Å². The maximum Gasteiger partial charge on any atom is 0.257 e. The van der Waals surface area contributed by atoms with Gasteiger partial charge in [0.1, 0.15) is 17.3 Å². The van der Waals surface area contributed by atoms with E-state index in [0.717, 1.165) is 44.7 Å². The number of carbonyl (C=O) groups is 1. The molecule has 0 bridgehead atoms. The van der Waals surface area contributed by atoms with Crippen molar-refractivity contribution in [3.05, 3.63) is 41.5 Å². The lowest BCUT2D eigenvalue weighted by atomic mass is 10.0. The molecule has 146 valence electrons. The highest BCUT2D eigenvalue weighted by Crippen LogP contribution is 2.28. The molecular weight excluding hydrogens is 342 g/mol. The number of benzene rings is 1. The Labute approximate surface area is 161 Å². The zero-order valence-electron chi connectivity index (χ0n) is 16.7. The maximum absolute atomic E-state index is 13.0. The molecule has 1 aromatic heterocycles. The first kappa shape index (κ1) is 19.3. The Hall–Kier alpha value is -2.50. The molecule has 1 aliphatic rings. The van der Waals surface area contributed by atoms with Crippen LogP contribution in [0.25, 0.3) is 0 Å². The minimum Gasteiger partial charge on any atom is -0.497 e. The minimum absolute atomic E-state index is 0.0186. The van der Waals surface area contributed by atoms with Gasteiger partial charge in [-0.3, -0.25) is 4.79 Å². The van der Waals surface area contributed by atoms with Gasteiger partial charge in [0.25, 0.3) is 5.91 Å². The smallest absolute Gasteiger partial charge is 0.257 e. The van der Waals surface area contributed by atoms with Gasteiger partial charge in [-0.2, -0.15) is 0 Å². The Morgan fingerprint density at radius 2 is 2.11 bits per heavy atom. The molecule has 0 radical (unpaired) electrons. The fourth-order valence-electron chi connectivity index (χ4n) is 3.79. The second-order valence-electron chi connectivity index (χ2n) is 7.14. The third kappa shape index (κ3) is 4.10. The van der Waals surface area contributed by atoms with Crippen molar-refractivity contribution >= 4 is 5.91 Å². The van der Waals surface area contributed by atoms with Crippen LogP contribution in [0.5, 0.6) is 11.5 Å². The van der Waals surface area contributed by atoms with Gasteiger partial charge in [-0.1, -0.05) is 6.92 Å². The van der Waals surface area contributed by atoms with Crippen molar-refractivity contribution in [1.29, 1.82) is 0 Å². The van der Waals surface area contributed by atoms with Crippen LogP contribution in [-0.4, -0.2) is 47.7 Å². The fraction of sp³-hybridized carbons (Fsp3) is 0.524. The van der Waals surface area contributed by atoms with Crippen LogP contribution in [0.3, 0.4) is 0 Å². The summed E-state index contributed by atoms with van der Waals surface area (Å²) in [6.07, 6.45) is 4.96. The summed E-state index contributed by atoms with van der Waals surface area (Å²) in [4.78, 5) is 19.5. The van der Waals surface area contributed by atoms with E-state index in [1.807, 2.05) is 11.1 Å². The van der Waals surface area contributed by atoms with Crippen molar-refractivity contribution in [2.24, 2.45) is 5.92 Å². The molecule has 0 N–H and O–H groups in total. The second kappa shape index (κ2) is 8.46. The molecule has 1 fully saturated rings. The molecule has 6 heteroatoms. The third-order valence-corrected chi connectivity index (χ3v) is 5.27. The monoisotopic (exact) mass is 371 g/mol. The maximum atomic E-state index is 13.0. The summed E-state index contributed by atoms with van der Waals surface area (Å²) in [7, 11) is 3.18. The molecule has 1 atom stereocenters. The Kier molecular flexibility index (Phi) is 6.04. The molecule has 1 amide bonds. The van der Waals surface area contributed by atoms with E-state index in [0.29, 0.717) is 23.0 Å². The summed E-state index contributed by atoms with van der Waals surface area (Å²) in [5, 5.41) is 0. The number of imidazole rings is 1. The van der Waals surface area contributed by atoms with Gasteiger partial charge in [0, 0.05) is 44.0 Å². The van der Waals surface area contributed by atoms with Crippen LogP contribution in [0, 0.1) is 12.8 Å². The van der Waals surface area contributed by atoms with Crippen LogP contribution >= 0.6 is 0 Å². The number of likely N-dealkylation sites (tertiary alicyclic amines) is 1. The van der Waals surface area contributed by atoms with Gasteiger partial charge in [-0.25, -0.2) is 4.98 Å². The lowest BCUT2D eigenvalue weighted by Gasteiger charge is -2.19. The summed E-state index contributed by atoms with van der Waals surface area (Å²) in [6.45, 7) is 6.81. The van der Waals surface area contributed by atoms with Crippen molar-refractivity contribution < 1.29 is 14.3 Å². The summed E-state index contributed by atoms with van der Waals surface area (Å²) in [5.74, 6) is 2.83. The number of ether oxygens (including phenoxy) is 2. The van der Waals surface area contributed by atoms with Crippen molar-refractivity contribution in [3.63, 3.8) is 0 Å². The SMILES string of the molecule is CCCn1c(C)cnc1CC1CCN(C(=O)c2ccc(OC)cc2OC)C1. The first-order chi connectivity index (χ1) is 13.1. The van der Waals surface area contributed by atoms with E-state index < -0.39 is 0 Å². The molecule has 6 nitrogen and oxygen atoms in total. The summed E-state index contributed by atoms with van der Waals surface area (Å²) in [6, 6.07) is 5.34. The molecule has 1 aliphatic heterocycles. The molecule has 1 saturated heterocycles. The first-order valence-corrected chi connectivity index (χ1v) is 9.59. The van der Waals surface area contributed by atoms with Crippen molar-refractivity contribution in [2.45, 2.75) is 39.7 Å². The molecule has 2 heterocycles. The van der Waals surface area contributed by atoms with Gasteiger partial charge >= 0.3 is 0 Å². The molecule has 0 saturated carbocycles. The highest BCUT2D eigenvalue weighted by atomic mass is 16.5. The predicted molar refractivity (Wildman–Crippen MR) is 105 cm³/mol. The minimum atomic E-state index is 0.0186. The van der Waals surface area contributed by atoms with E-state index in [1.165, 1.54) is 5.69 Å². The Morgan fingerprint density at radius 3 is 2.81 bits per heavy atom. The first-order valence-electron chi connectivity index (χ1n) is 9.59. The van der Waals surface area contributed by atoms with Crippen LogP contribution in [-0.2, 0) is 13.0 Å². The molecule has 1 unspecified atom stereocenters. The number of methoxy groups -OCH3 is 2. The standard InChI is InChI=1S/C21H29N3O3/c1-5-9-24-15(2)13-22-20(24)11-16-8-10-23(14-16)21(25)18-7-6-17(26-3)12-19(18)27-4/h6-7,12-13,16H,5,8-11,14H2,1-4H3. The molecular formula is C21H29N3O3. The van der Waals surface area contributed by atoms with Crippen LogP contribution in [0.1, 0.15) is 41.6 Å². The molecule has 0 aliphatic carbocycles. The molecule has 27 heavy (non-hydrogen) atoms. The molecule has 3 rings (SSSR count). The van der Waals surface area contributed by atoms with Crippen molar-refractivity contribution in [2.75, 3.05) is 27.3 Å². The van der Waals surface area contributed by atoms with Crippen molar-refractivity contribution in [3.8, 4) is 11.5 Å². The molecule has 1 aromatic carbocycles. The average Bonchev–Trinajstić information content (AvgIpc) is 3.29. The van der Waals surface area contributed by atoms with E-state index in [-0.39, 0.29) is 5.91 Å². The van der Waals surface area contributed by atoms with Gasteiger partial charge in [0.15, 0.2) is 0 Å². The van der Waals surface area contributed by atoms with E-state index in [1.54, 1.807) is 32.4 Å². The number of hydrogen-bond acceptors (Lipinski definition) is 4. The number of hydrogen-bond donors (Lipinski definition) is 0. The predicted octanol–water partition coefficient (Wildman–Crippen LogP) is 3.32. The number of aryl methyl sites for hydroxylation is 1. The molecule has 2 aromatic rings. The molecule has 0 spiro atoms. The van der Waals surface area contributed by atoms with Gasteiger partial charge in [-0.05, 0) is 37.8 Å². The van der Waals surface area contributed by atoms with Crippen LogP contribution < -0.4 is 9.47 Å². The summed E-state index contributed by atoms with van der Waals surface area (Å²) < 4.78 is 12.9. The Bertz CT molecular complexity index is 800. The number of amides is 1. The van der Waals surface area contributed by atoms with Crippen molar-refractivity contribution in [1.82, 2.24) is 14.5 Å². The van der Waals surface area contributed by atoms with Crippen LogP contribution in [0.2, 0.25) is 0 Å². The third-order valence-electron chi connectivity index (χ3n) is 5.27. The van der Waals surface area contributed by atoms with Gasteiger partial charge in [0.05, 0.1) is 19.8 Å². The average molecular weight is 371 g/mol. The lowest BCUT2D eigenvalue weighted by molar-refractivity contribution is 0.0783. The quantitative estimate of drug-likeness (QED) is 0.749. The number of nitrogens with zero attached hydrogens (tertiary/aromatic N) is 3. The Morgan fingerprint density at radius 1 is 1.30 bits per heavy atom. The lowest BCUT2D eigenvalue weighted by Crippen LogP contribution is -2.29. The highest BCUT2D eigenvalue weighted by Gasteiger charge is 2.29. The Balaban J connectivity index is 1.68. The van der Waals surface area contributed by atoms with E-state index in [9.17, 15) is 4.79 Å². The van der Waals surface area contributed by atoms with Gasteiger partial charge < -0.3 is 18.9 Å². The van der Waals surface area contributed by atoms with Crippen LogP contribution in [0.4, 0.5) is 0 Å².